The number of anilines is 1. The van der Waals surface area contributed by atoms with Crippen molar-refractivity contribution in [1.29, 1.82) is 0 Å². The fraction of sp³-hybridized carbons (Fsp3) is 0.500. The highest BCUT2D eigenvalue weighted by Crippen LogP contribution is 2.31. The van der Waals surface area contributed by atoms with Crippen molar-refractivity contribution in [1.82, 2.24) is 4.90 Å². The van der Waals surface area contributed by atoms with E-state index < -0.39 is 0 Å². The Kier molecular flexibility index (Phi) is 3.24. The first kappa shape index (κ1) is 13.2. The molecule has 1 aromatic carbocycles. The van der Waals surface area contributed by atoms with Gasteiger partial charge in [0.25, 0.3) is 0 Å². The molecule has 0 bridgehead atoms. The van der Waals surface area contributed by atoms with E-state index in [-0.39, 0.29) is 23.8 Å². The van der Waals surface area contributed by atoms with Crippen LogP contribution in [-0.2, 0) is 16.0 Å². The molecule has 4 nitrogen and oxygen atoms in total. The molecule has 0 saturated carbocycles. The van der Waals surface area contributed by atoms with E-state index in [1.54, 1.807) is 0 Å². The normalized spacial score (nSPS) is 21.8. The monoisotopic (exact) mass is 272 g/mol. The summed E-state index contributed by atoms with van der Waals surface area (Å²) in [5.74, 6) is 0.0216. The van der Waals surface area contributed by atoms with Crippen LogP contribution in [0.3, 0.4) is 0 Å². The predicted octanol–water partition coefficient (Wildman–Crippen LogP) is 1.83. The molecule has 2 heterocycles. The summed E-state index contributed by atoms with van der Waals surface area (Å²) in [6, 6.07) is 8.21. The van der Waals surface area contributed by atoms with Gasteiger partial charge in [-0.3, -0.25) is 9.59 Å². The Bertz CT molecular complexity index is 553. The number of carbonyl (C=O) groups excluding carboxylic acids is 2. The van der Waals surface area contributed by atoms with Gasteiger partial charge in [-0.15, -0.1) is 0 Å². The fourth-order valence-electron chi connectivity index (χ4n) is 3.18. The smallest absolute Gasteiger partial charge is 0.232 e. The Morgan fingerprint density at radius 1 is 1.30 bits per heavy atom. The van der Waals surface area contributed by atoms with Gasteiger partial charge in [-0.2, -0.15) is 0 Å². The van der Waals surface area contributed by atoms with Gasteiger partial charge in [0.1, 0.15) is 0 Å². The van der Waals surface area contributed by atoms with Gasteiger partial charge in [0, 0.05) is 31.2 Å². The number of para-hydroxylation sites is 1. The number of likely N-dealkylation sites (tertiary alicyclic amines) is 1. The maximum Gasteiger partial charge on any atom is 0.232 e. The minimum atomic E-state index is -0.184. The van der Waals surface area contributed by atoms with Crippen molar-refractivity contribution in [3.63, 3.8) is 0 Å². The Morgan fingerprint density at radius 3 is 2.75 bits per heavy atom. The van der Waals surface area contributed by atoms with Gasteiger partial charge in [0.05, 0.1) is 5.92 Å². The Balaban J connectivity index is 1.77. The average molecular weight is 272 g/mol. The number of hydrogen-bond donors (Lipinski definition) is 0. The van der Waals surface area contributed by atoms with E-state index in [0.29, 0.717) is 13.0 Å². The lowest BCUT2D eigenvalue weighted by Crippen LogP contribution is -2.37. The van der Waals surface area contributed by atoms with Gasteiger partial charge in [-0.05, 0) is 31.9 Å². The lowest BCUT2D eigenvalue weighted by Gasteiger charge is -2.23. The molecule has 1 aromatic rings. The van der Waals surface area contributed by atoms with E-state index in [0.717, 1.165) is 18.7 Å². The van der Waals surface area contributed by atoms with Crippen molar-refractivity contribution in [2.24, 2.45) is 5.92 Å². The standard InChI is InChI=1S/C16H20N2O2/c1-11(2)18-10-13(9-15(18)19)16(20)17-8-7-12-5-3-4-6-14(12)17/h3-6,11,13H,7-10H2,1-2H3/t13-/m0/s1. The van der Waals surface area contributed by atoms with Crippen LogP contribution in [0.1, 0.15) is 25.8 Å². The Labute approximate surface area is 119 Å². The maximum atomic E-state index is 12.7. The SMILES string of the molecule is CC(C)N1C[C@@H](C(=O)N2CCc3ccccc32)CC1=O. The molecular weight excluding hydrogens is 252 g/mol. The van der Waals surface area contributed by atoms with Crippen molar-refractivity contribution in [2.45, 2.75) is 32.7 Å². The van der Waals surface area contributed by atoms with Crippen LogP contribution in [0.2, 0.25) is 0 Å². The van der Waals surface area contributed by atoms with Gasteiger partial charge in [0.2, 0.25) is 11.8 Å². The predicted molar refractivity (Wildman–Crippen MR) is 77.5 cm³/mol. The van der Waals surface area contributed by atoms with Crippen LogP contribution in [0, 0.1) is 5.92 Å². The van der Waals surface area contributed by atoms with Gasteiger partial charge in [-0.25, -0.2) is 0 Å². The quantitative estimate of drug-likeness (QED) is 0.824. The van der Waals surface area contributed by atoms with E-state index in [1.807, 2.05) is 41.8 Å². The first-order valence-corrected chi connectivity index (χ1v) is 7.26. The summed E-state index contributed by atoms with van der Waals surface area (Å²) in [5, 5.41) is 0. The Morgan fingerprint density at radius 2 is 2.05 bits per heavy atom. The second-order valence-corrected chi connectivity index (χ2v) is 5.91. The van der Waals surface area contributed by atoms with Crippen LogP contribution < -0.4 is 4.90 Å². The highest BCUT2D eigenvalue weighted by molar-refractivity contribution is 6.00. The summed E-state index contributed by atoms with van der Waals surface area (Å²) in [7, 11) is 0. The molecule has 1 atom stereocenters. The summed E-state index contributed by atoms with van der Waals surface area (Å²) in [6.45, 7) is 5.30. The number of benzene rings is 1. The molecular formula is C16H20N2O2. The zero-order valence-electron chi connectivity index (χ0n) is 12.0. The summed E-state index contributed by atoms with van der Waals surface area (Å²) >= 11 is 0. The minimum Gasteiger partial charge on any atom is -0.339 e. The first-order chi connectivity index (χ1) is 9.58. The largest absolute Gasteiger partial charge is 0.339 e. The van der Waals surface area contributed by atoms with Gasteiger partial charge in [0.15, 0.2) is 0 Å². The van der Waals surface area contributed by atoms with Crippen LogP contribution in [0.5, 0.6) is 0 Å². The highest BCUT2D eigenvalue weighted by Gasteiger charge is 2.39. The van der Waals surface area contributed by atoms with Crippen molar-refractivity contribution >= 4 is 17.5 Å². The third-order valence-electron chi connectivity index (χ3n) is 4.28. The van der Waals surface area contributed by atoms with Gasteiger partial charge < -0.3 is 9.80 Å². The zero-order chi connectivity index (χ0) is 14.3. The number of amides is 2. The third-order valence-corrected chi connectivity index (χ3v) is 4.28. The third kappa shape index (κ3) is 2.09. The molecule has 3 rings (SSSR count). The molecule has 2 amide bonds. The topological polar surface area (TPSA) is 40.6 Å². The van der Waals surface area contributed by atoms with E-state index in [1.165, 1.54) is 5.56 Å². The second-order valence-electron chi connectivity index (χ2n) is 5.91. The van der Waals surface area contributed by atoms with Crippen LogP contribution >= 0.6 is 0 Å². The number of carbonyl (C=O) groups is 2. The van der Waals surface area contributed by atoms with Crippen LogP contribution in [0.4, 0.5) is 5.69 Å². The van der Waals surface area contributed by atoms with Crippen LogP contribution in [0.15, 0.2) is 24.3 Å². The van der Waals surface area contributed by atoms with E-state index >= 15 is 0 Å². The van der Waals surface area contributed by atoms with Crippen LogP contribution in [0.25, 0.3) is 0 Å². The molecule has 0 radical (unpaired) electrons. The summed E-state index contributed by atoms with van der Waals surface area (Å²) < 4.78 is 0. The highest BCUT2D eigenvalue weighted by atomic mass is 16.2. The molecule has 2 aliphatic heterocycles. The molecule has 0 aromatic heterocycles. The minimum absolute atomic E-state index is 0.103. The summed E-state index contributed by atoms with van der Waals surface area (Å²) in [5.41, 5.74) is 2.25. The fourth-order valence-corrected chi connectivity index (χ4v) is 3.18. The summed E-state index contributed by atoms with van der Waals surface area (Å²) in [4.78, 5) is 28.3. The van der Waals surface area contributed by atoms with Crippen molar-refractivity contribution in [3.05, 3.63) is 29.8 Å². The maximum absolute atomic E-state index is 12.7. The van der Waals surface area contributed by atoms with Crippen molar-refractivity contribution < 1.29 is 9.59 Å². The zero-order valence-corrected chi connectivity index (χ0v) is 12.0. The molecule has 0 N–H and O–H groups in total. The molecule has 1 fully saturated rings. The van der Waals surface area contributed by atoms with Crippen molar-refractivity contribution in [2.75, 3.05) is 18.0 Å². The first-order valence-electron chi connectivity index (χ1n) is 7.26. The molecule has 4 heteroatoms. The second kappa shape index (κ2) is 4.93. The lowest BCUT2D eigenvalue weighted by molar-refractivity contribution is -0.129. The molecule has 1 saturated heterocycles. The number of fused-ring (bicyclic) bond motifs is 1. The van der Waals surface area contributed by atoms with Gasteiger partial charge in [-0.1, -0.05) is 18.2 Å². The number of hydrogen-bond acceptors (Lipinski definition) is 2. The molecule has 0 spiro atoms. The van der Waals surface area contributed by atoms with Crippen LogP contribution in [-0.4, -0.2) is 35.8 Å². The van der Waals surface area contributed by atoms with Crippen molar-refractivity contribution in [3.8, 4) is 0 Å². The summed E-state index contributed by atoms with van der Waals surface area (Å²) in [6.07, 6.45) is 1.27. The number of rotatable bonds is 2. The van der Waals surface area contributed by atoms with E-state index in [2.05, 4.69) is 6.07 Å². The lowest BCUT2D eigenvalue weighted by atomic mass is 10.1. The molecule has 0 unspecified atom stereocenters. The van der Waals surface area contributed by atoms with E-state index in [9.17, 15) is 9.59 Å². The average Bonchev–Trinajstić information content (AvgIpc) is 3.01. The number of nitrogens with zero attached hydrogens (tertiary/aromatic N) is 2. The molecule has 2 aliphatic rings. The molecule has 20 heavy (non-hydrogen) atoms. The molecule has 0 aliphatic carbocycles. The molecule has 106 valence electrons. The Hall–Kier alpha value is -1.84. The van der Waals surface area contributed by atoms with Gasteiger partial charge >= 0.3 is 0 Å². The van der Waals surface area contributed by atoms with E-state index in [4.69, 9.17) is 0 Å².